The van der Waals surface area contributed by atoms with E-state index in [0.717, 1.165) is 5.56 Å². The molecule has 4 rings (SSSR count). The van der Waals surface area contributed by atoms with Crippen molar-refractivity contribution in [2.75, 3.05) is 13.1 Å². The van der Waals surface area contributed by atoms with E-state index >= 15 is 0 Å². The number of carbonyl (C=O) groups excluding carboxylic acids is 3. The Hall–Kier alpha value is -3.16. The van der Waals surface area contributed by atoms with Crippen molar-refractivity contribution in [1.82, 2.24) is 25.2 Å². The molecule has 8 heteroatoms. The van der Waals surface area contributed by atoms with Gasteiger partial charge in [0.1, 0.15) is 0 Å². The first-order valence-electron chi connectivity index (χ1n) is 8.36. The van der Waals surface area contributed by atoms with Gasteiger partial charge in [0.25, 0.3) is 5.91 Å². The fraction of sp³-hybridized carbons (Fsp3) is 0.333. The lowest BCUT2D eigenvalue weighted by atomic mass is 9.85. The maximum atomic E-state index is 12.9. The van der Waals surface area contributed by atoms with Gasteiger partial charge >= 0.3 is 0 Å². The average molecular weight is 351 g/mol. The van der Waals surface area contributed by atoms with Gasteiger partial charge in [-0.25, -0.2) is 9.97 Å². The zero-order valence-electron chi connectivity index (χ0n) is 14.2. The number of carbonyl (C=O) groups is 3. The molecule has 1 spiro atoms. The number of rotatable bonds is 2. The smallest absolute Gasteiger partial charge is 0.257 e. The summed E-state index contributed by atoms with van der Waals surface area (Å²) in [5, 5.41) is 2.34. The fourth-order valence-corrected chi connectivity index (χ4v) is 3.55. The van der Waals surface area contributed by atoms with Crippen LogP contribution in [0.1, 0.15) is 28.9 Å². The summed E-state index contributed by atoms with van der Waals surface area (Å²) in [7, 11) is 0. The molecule has 2 aliphatic heterocycles. The van der Waals surface area contributed by atoms with E-state index in [-0.39, 0.29) is 30.7 Å². The zero-order valence-corrected chi connectivity index (χ0v) is 14.2. The van der Waals surface area contributed by atoms with Crippen LogP contribution in [0.15, 0.2) is 30.7 Å². The van der Waals surface area contributed by atoms with Gasteiger partial charge < -0.3 is 4.90 Å². The summed E-state index contributed by atoms with van der Waals surface area (Å²) in [6, 6.07) is 3.65. The van der Waals surface area contributed by atoms with E-state index in [9.17, 15) is 14.4 Å². The second-order valence-electron chi connectivity index (χ2n) is 6.75. The SMILES string of the molecule is Cc1nc(-c2cccnc2)ncc1C(=O)N1CC[C@]2(CC(=O)NC2=O)C1. The third-order valence-corrected chi connectivity index (χ3v) is 5.00. The van der Waals surface area contributed by atoms with Gasteiger partial charge in [-0.1, -0.05) is 0 Å². The summed E-state index contributed by atoms with van der Waals surface area (Å²) < 4.78 is 0. The molecule has 0 aliphatic carbocycles. The maximum absolute atomic E-state index is 12.9. The van der Waals surface area contributed by atoms with E-state index in [0.29, 0.717) is 30.0 Å². The highest BCUT2D eigenvalue weighted by Crippen LogP contribution is 2.38. The predicted octanol–water partition coefficient (Wildman–Crippen LogP) is 0.726. The van der Waals surface area contributed by atoms with Crippen molar-refractivity contribution in [3.05, 3.63) is 42.0 Å². The van der Waals surface area contributed by atoms with E-state index < -0.39 is 5.41 Å². The first-order valence-corrected chi connectivity index (χ1v) is 8.36. The Bertz CT molecular complexity index is 914. The average Bonchev–Trinajstić information content (AvgIpc) is 3.18. The van der Waals surface area contributed by atoms with Gasteiger partial charge in [0, 0.05) is 43.7 Å². The van der Waals surface area contributed by atoms with Crippen LogP contribution in [0.5, 0.6) is 0 Å². The molecule has 0 aromatic carbocycles. The summed E-state index contributed by atoms with van der Waals surface area (Å²) in [6.07, 6.45) is 5.48. The van der Waals surface area contributed by atoms with Gasteiger partial charge in [0.2, 0.25) is 11.8 Å². The molecule has 0 unspecified atom stereocenters. The molecule has 4 heterocycles. The third-order valence-electron chi connectivity index (χ3n) is 5.00. The van der Waals surface area contributed by atoms with Gasteiger partial charge in [-0.15, -0.1) is 0 Å². The number of hydrogen-bond acceptors (Lipinski definition) is 6. The molecule has 26 heavy (non-hydrogen) atoms. The molecule has 2 aromatic rings. The quantitative estimate of drug-likeness (QED) is 0.800. The molecule has 2 saturated heterocycles. The van der Waals surface area contributed by atoms with Crippen molar-refractivity contribution in [2.45, 2.75) is 19.8 Å². The molecule has 3 amide bonds. The number of aromatic nitrogens is 3. The van der Waals surface area contributed by atoms with Crippen LogP contribution in [-0.2, 0) is 9.59 Å². The monoisotopic (exact) mass is 351 g/mol. The van der Waals surface area contributed by atoms with Crippen molar-refractivity contribution in [3.63, 3.8) is 0 Å². The van der Waals surface area contributed by atoms with E-state index in [1.165, 1.54) is 6.20 Å². The first kappa shape index (κ1) is 16.3. The number of likely N-dealkylation sites (tertiary alicyclic amines) is 1. The minimum Gasteiger partial charge on any atom is -0.337 e. The molecule has 0 bridgehead atoms. The van der Waals surface area contributed by atoms with E-state index in [4.69, 9.17) is 0 Å². The lowest BCUT2D eigenvalue weighted by Crippen LogP contribution is -2.37. The van der Waals surface area contributed by atoms with Crippen LogP contribution in [0.3, 0.4) is 0 Å². The summed E-state index contributed by atoms with van der Waals surface area (Å²) >= 11 is 0. The van der Waals surface area contributed by atoms with Gasteiger partial charge in [0.05, 0.1) is 16.7 Å². The number of imide groups is 1. The second kappa shape index (κ2) is 5.98. The van der Waals surface area contributed by atoms with Crippen molar-refractivity contribution in [2.24, 2.45) is 5.41 Å². The highest BCUT2D eigenvalue weighted by molar-refractivity contribution is 6.07. The molecule has 1 atom stereocenters. The van der Waals surface area contributed by atoms with Crippen LogP contribution in [0.25, 0.3) is 11.4 Å². The van der Waals surface area contributed by atoms with E-state index in [1.54, 1.807) is 30.3 Å². The summed E-state index contributed by atoms with van der Waals surface area (Å²) in [6.45, 7) is 2.43. The highest BCUT2D eigenvalue weighted by atomic mass is 16.2. The number of aryl methyl sites for hydroxylation is 1. The van der Waals surface area contributed by atoms with Crippen LogP contribution in [0.4, 0.5) is 0 Å². The largest absolute Gasteiger partial charge is 0.337 e. The number of amides is 3. The normalized spacial score (nSPS) is 22.1. The molecule has 2 fully saturated rings. The zero-order chi connectivity index (χ0) is 18.3. The van der Waals surface area contributed by atoms with E-state index in [2.05, 4.69) is 20.3 Å². The lowest BCUT2D eigenvalue weighted by molar-refractivity contribution is -0.128. The topological polar surface area (TPSA) is 105 Å². The first-order chi connectivity index (χ1) is 12.5. The maximum Gasteiger partial charge on any atom is 0.257 e. The molecule has 2 aliphatic rings. The molecule has 1 N–H and O–H groups in total. The van der Waals surface area contributed by atoms with Crippen LogP contribution < -0.4 is 5.32 Å². The molecule has 0 radical (unpaired) electrons. The van der Waals surface area contributed by atoms with Gasteiger partial charge in [0.15, 0.2) is 5.82 Å². The van der Waals surface area contributed by atoms with Crippen molar-refractivity contribution < 1.29 is 14.4 Å². The van der Waals surface area contributed by atoms with Gasteiger partial charge in [-0.05, 0) is 25.5 Å². The Labute approximate surface area is 149 Å². The number of nitrogens with zero attached hydrogens (tertiary/aromatic N) is 4. The Morgan fingerprint density at radius 1 is 1.31 bits per heavy atom. The lowest BCUT2D eigenvalue weighted by Gasteiger charge is -2.21. The minimum atomic E-state index is -0.781. The molecular weight excluding hydrogens is 334 g/mol. The molecule has 8 nitrogen and oxygen atoms in total. The van der Waals surface area contributed by atoms with E-state index in [1.807, 2.05) is 6.07 Å². The minimum absolute atomic E-state index is 0.144. The number of hydrogen-bond donors (Lipinski definition) is 1. The van der Waals surface area contributed by atoms with Crippen molar-refractivity contribution >= 4 is 17.7 Å². The third kappa shape index (κ3) is 2.63. The fourth-order valence-electron chi connectivity index (χ4n) is 3.55. The highest BCUT2D eigenvalue weighted by Gasteiger charge is 2.51. The summed E-state index contributed by atoms with van der Waals surface area (Å²) in [5.41, 5.74) is 0.962. The molecule has 0 saturated carbocycles. The standard InChI is InChI=1S/C18H17N5O3/c1-11-13(9-20-15(21-11)12-3-2-5-19-8-12)16(25)23-6-4-18(10-23)7-14(24)22-17(18)26/h2-3,5,8-9H,4,6-7,10H2,1H3,(H,22,24,26)/t18-/m0/s1. The van der Waals surface area contributed by atoms with Crippen molar-refractivity contribution in [3.8, 4) is 11.4 Å². The Morgan fingerprint density at radius 2 is 2.15 bits per heavy atom. The van der Waals surface area contributed by atoms with Crippen LogP contribution in [-0.4, -0.2) is 50.7 Å². The van der Waals surface area contributed by atoms with Crippen LogP contribution in [0.2, 0.25) is 0 Å². The summed E-state index contributed by atoms with van der Waals surface area (Å²) in [4.78, 5) is 50.8. The number of nitrogens with one attached hydrogen (secondary N) is 1. The summed E-state index contributed by atoms with van der Waals surface area (Å²) in [5.74, 6) is -0.266. The van der Waals surface area contributed by atoms with Crippen LogP contribution >= 0.6 is 0 Å². The van der Waals surface area contributed by atoms with Gasteiger partial charge in [-0.3, -0.25) is 24.7 Å². The van der Waals surface area contributed by atoms with Crippen molar-refractivity contribution in [1.29, 1.82) is 0 Å². The predicted molar refractivity (Wildman–Crippen MR) is 90.7 cm³/mol. The molecule has 132 valence electrons. The molecule has 2 aromatic heterocycles. The van der Waals surface area contributed by atoms with Gasteiger partial charge in [-0.2, -0.15) is 0 Å². The second-order valence-corrected chi connectivity index (χ2v) is 6.75. The van der Waals surface area contributed by atoms with Crippen LogP contribution in [0, 0.1) is 12.3 Å². The molecular formula is C18H17N5O3. The number of pyridine rings is 1. The Balaban J connectivity index is 1.56. The Morgan fingerprint density at radius 3 is 2.81 bits per heavy atom. The Kier molecular flexibility index (Phi) is 3.75.